The third-order valence-electron chi connectivity index (χ3n) is 5.49. The normalized spacial score (nSPS) is 14.1. The van der Waals surface area contributed by atoms with Gasteiger partial charge in [0, 0.05) is 65.7 Å². The first-order valence-corrected chi connectivity index (χ1v) is 10.9. The van der Waals surface area contributed by atoms with Gasteiger partial charge in [-0.2, -0.15) is 0 Å². The van der Waals surface area contributed by atoms with E-state index in [0.29, 0.717) is 35.9 Å². The van der Waals surface area contributed by atoms with Gasteiger partial charge in [-0.25, -0.2) is 4.98 Å². The van der Waals surface area contributed by atoms with Crippen LogP contribution in [0.1, 0.15) is 37.6 Å². The van der Waals surface area contributed by atoms with Crippen LogP contribution in [0.4, 0.5) is 5.69 Å². The van der Waals surface area contributed by atoms with Crippen LogP contribution in [0.15, 0.2) is 47.5 Å². The van der Waals surface area contributed by atoms with Crippen LogP contribution < -0.4 is 10.9 Å². The number of nitrogens with zero attached hydrogens (tertiary/aromatic N) is 3. The predicted octanol–water partition coefficient (Wildman–Crippen LogP) is 4.03. The lowest BCUT2D eigenvalue weighted by atomic mass is 9.95. The van der Waals surface area contributed by atoms with Gasteiger partial charge in [0.15, 0.2) is 0 Å². The zero-order valence-electron chi connectivity index (χ0n) is 18.4. The lowest BCUT2D eigenvalue weighted by Crippen LogP contribution is -2.36. The molecule has 0 spiro atoms. The molecule has 8 heteroatoms. The van der Waals surface area contributed by atoms with E-state index < -0.39 is 5.41 Å². The fraction of sp³-hybridized carbons (Fsp3) is 0.333. The second kappa shape index (κ2) is 8.84. The molecular formula is C24H26ClN5O2. The first kappa shape index (κ1) is 22.2. The second-order valence-electron chi connectivity index (χ2n) is 9.04. The second-order valence-corrected chi connectivity index (χ2v) is 9.48. The fourth-order valence-corrected chi connectivity index (χ4v) is 3.71. The Morgan fingerprint density at radius 2 is 1.97 bits per heavy atom. The molecular weight excluding hydrogens is 426 g/mol. The number of nitrogens with one attached hydrogen (secondary N) is 2. The first-order chi connectivity index (χ1) is 15.2. The molecule has 166 valence electrons. The predicted molar refractivity (Wildman–Crippen MR) is 125 cm³/mol. The summed E-state index contributed by atoms with van der Waals surface area (Å²) in [6, 6.07) is 9.06. The summed E-state index contributed by atoms with van der Waals surface area (Å²) in [5, 5.41) is 3.64. The van der Waals surface area contributed by atoms with Crippen molar-refractivity contribution in [3.05, 3.63) is 74.9 Å². The van der Waals surface area contributed by atoms with Crippen molar-refractivity contribution in [2.45, 2.75) is 40.3 Å². The molecule has 0 bridgehead atoms. The highest BCUT2D eigenvalue weighted by Crippen LogP contribution is 2.24. The lowest BCUT2D eigenvalue weighted by molar-refractivity contribution is -0.123. The zero-order valence-corrected chi connectivity index (χ0v) is 19.2. The van der Waals surface area contributed by atoms with Crippen molar-refractivity contribution in [2.24, 2.45) is 5.41 Å². The van der Waals surface area contributed by atoms with Crippen molar-refractivity contribution in [3.8, 4) is 11.4 Å². The molecule has 1 aliphatic rings. The molecule has 3 aromatic rings. The number of benzene rings is 1. The van der Waals surface area contributed by atoms with E-state index in [1.807, 2.05) is 39.0 Å². The Hall–Kier alpha value is -3.03. The van der Waals surface area contributed by atoms with Gasteiger partial charge in [0.05, 0.1) is 11.3 Å². The van der Waals surface area contributed by atoms with Gasteiger partial charge in [-0.1, -0.05) is 32.4 Å². The molecule has 4 rings (SSSR count). The van der Waals surface area contributed by atoms with Crippen LogP contribution in [0.5, 0.6) is 0 Å². The van der Waals surface area contributed by atoms with E-state index in [-0.39, 0.29) is 11.5 Å². The van der Waals surface area contributed by atoms with Crippen LogP contribution in [0.2, 0.25) is 5.02 Å². The Balaban J connectivity index is 1.53. The Bertz CT molecular complexity index is 1200. The number of hydrogen-bond acceptors (Lipinski definition) is 5. The standard InChI is InChI=1S/C24H26ClN5O2/c1-24(2,3)23(32)28-19-8-10-26-12-16(19)13-30-11-9-20-18(14-30)22(31)29-21(27-20)15-4-6-17(25)7-5-15/h4-8,10,12H,9,11,13-14H2,1-3H3,(H,26,28,32)(H,27,29,31). The Kier molecular flexibility index (Phi) is 6.13. The van der Waals surface area contributed by atoms with Crippen LogP contribution in [-0.2, 0) is 24.3 Å². The van der Waals surface area contributed by atoms with Crippen molar-refractivity contribution in [1.29, 1.82) is 0 Å². The Morgan fingerprint density at radius 3 is 2.69 bits per heavy atom. The van der Waals surface area contributed by atoms with E-state index in [1.165, 1.54) is 0 Å². The van der Waals surface area contributed by atoms with Crippen molar-refractivity contribution < 1.29 is 4.79 Å². The maximum Gasteiger partial charge on any atom is 0.255 e. The summed E-state index contributed by atoms with van der Waals surface area (Å²) in [7, 11) is 0. The van der Waals surface area contributed by atoms with Gasteiger partial charge >= 0.3 is 0 Å². The largest absolute Gasteiger partial charge is 0.325 e. The van der Waals surface area contributed by atoms with Crippen LogP contribution in [0, 0.1) is 5.41 Å². The molecule has 1 amide bonds. The number of hydrogen-bond donors (Lipinski definition) is 2. The van der Waals surface area contributed by atoms with Crippen molar-refractivity contribution in [3.63, 3.8) is 0 Å². The number of amides is 1. The van der Waals surface area contributed by atoms with E-state index in [1.54, 1.807) is 24.5 Å². The minimum absolute atomic E-state index is 0.0516. The van der Waals surface area contributed by atoms with Crippen molar-refractivity contribution in [2.75, 3.05) is 11.9 Å². The molecule has 0 radical (unpaired) electrons. The molecule has 0 aliphatic carbocycles. The van der Waals surface area contributed by atoms with Crippen LogP contribution in [0.3, 0.4) is 0 Å². The van der Waals surface area contributed by atoms with Gasteiger partial charge in [0.2, 0.25) is 5.91 Å². The van der Waals surface area contributed by atoms with E-state index >= 15 is 0 Å². The van der Waals surface area contributed by atoms with Gasteiger partial charge in [-0.15, -0.1) is 0 Å². The minimum atomic E-state index is -0.495. The van der Waals surface area contributed by atoms with Crippen molar-refractivity contribution >= 4 is 23.2 Å². The molecule has 0 saturated heterocycles. The average molecular weight is 452 g/mol. The Morgan fingerprint density at radius 1 is 1.22 bits per heavy atom. The molecule has 0 atom stereocenters. The Labute approximate surface area is 191 Å². The maximum absolute atomic E-state index is 12.8. The molecule has 32 heavy (non-hydrogen) atoms. The molecule has 1 aromatic carbocycles. The van der Waals surface area contributed by atoms with Crippen LogP contribution in [0.25, 0.3) is 11.4 Å². The molecule has 1 aliphatic heterocycles. The van der Waals surface area contributed by atoms with Crippen molar-refractivity contribution in [1.82, 2.24) is 19.9 Å². The number of fused-ring (bicyclic) bond motifs is 1. The summed E-state index contributed by atoms with van der Waals surface area (Å²) in [4.78, 5) is 39.3. The topological polar surface area (TPSA) is 91.0 Å². The van der Waals surface area contributed by atoms with E-state index in [2.05, 4.69) is 20.2 Å². The van der Waals surface area contributed by atoms with Crippen LogP contribution >= 0.6 is 11.6 Å². The first-order valence-electron chi connectivity index (χ1n) is 10.6. The SMILES string of the molecule is CC(C)(C)C(=O)Nc1ccncc1CN1CCc2nc(-c3ccc(Cl)cc3)[nH]c(=O)c2C1. The summed E-state index contributed by atoms with van der Waals surface area (Å²) in [5.74, 6) is 0.502. The summed E-state index contributed by atoms with van der Waals surface area (Å²) in [6.45, 7) is 7.45. The van der Waals surface area contributed by atoms with E-state index in [9.17, 15) is 9.59 Å². The molecule has 0 unspecified atom stereocenters. The van der Waals surface area contributed by atoms with Gasteiger partial charge in [0.1, 0.15) is 5.82 Å². The highest BCUT2D eigenvalue weighted by molar-refractivity contribution is 6.30. The highest BCUT2D eigenvalue weighted by atomic mass is 35.5. The molecule has 0 saturated carbocycles. The number of pyridine rings is 1. The summed E-state index contributed by atoms with van der Waals surface area (Å²) < 4.78 is 0. The quantitative estimate of drug-likeness (QED) is 0.625. The number of aromatic amines is 1. The molecule has 7 nitrogen and oxygen atoms in total. The number of anilines is 1. The van der Waals surface area contributed by atoms with Gasteiger partial charge in [-0.3, -0.25) is 19.5 Å². The van der Waals surface area contributed by atoms with E-state index in [0.717, 1.165) is 29.1 Å². The monoisotopic (exact) mass is 451 g/mol. The number of carbonyl (C=O) groups is 1. The fourth-order valence-electron chi connectivity index (χ4n) is 3.59. The smallest absolute Gasteiger partial charge is 0.255 e. The summed E-state index contributed by atoms with van der Waals surface area (Å²) in [6.07, 6.45) is 4.10. The molecule has 3 heterocycles. The third kappa shape index (κ3) is 4.89. The average Bonchev–Trinajstić information content (AvgIpc) is 2.75. The number of halogens is 1. The molecule has 2 N–H and O–H groups in total. The number of carbonyl (C=O) groups excluding carboxylic acids is 1. The number of H-pyrrole nitrogens is 1. The third-order valence-corrected chi connectivity index (χ3v) is 5.74. The van der Waals surface area contributed by atoms with E-state index in [4.69, 9.17) is 16.6 Å². The van der Waals surface area contributed by atoms with Gasteiger partial charge in [-0.05, 0) is 30.3 Å². The van der Waals surface area contributed by atoms with Gasteiger partial charge < -0.3 is 10.3 Å². The summed E-state index contributed by atoms with van der Waals surface area (Å²) >= 11 is 5.96. The molecule has 2 aromatic heterocycles. The lowest BCUT2D eigenvalue weighted by Gasteiger charge is -2.28. The molecule has 0 fully saturated rings. The maximum atomic E-state index is 12.8. The highest BCUT2D eigenvalue weighted by Gasteiger charge is 2.24. The van der Waals surface area contributed by atoms with Gasteiger partial charge in [0.25, 0.3) is 5.56 Å². The minimum Gasteiger partial charge on any atom is -0.325 e. The summed E-state index contributed by atoms with van der Waals surface area (Å²) in [5.41, 5.74) is 3.36. The number of rotatable bonds is 4. The van der Waals surface area contributed by atoms with Crippen LogP contribution in [-0.4, -0.2) is 32.3 Å². The number of aromatic nitrogens is 3. The zero-order chi connectivity index (χ0) is 22.9.